The van der Waals surface area contributed by atoms with Crippen LogP contribution in [0, 0.1) is 0 Å². The van der Waals surface area contributed by atoms with Crippen LogP contribution >= 0.6 is 11.3 Å². The highest BCUT2D eigenvalue weighted by Gasteiger charge is 2.14. The van der Waals surface area contributed by atoms with Crippen molar-refractivity contribution in [3.8, 4) is 0 Å². The Bertz CT molecular complexity index is 1130. The molecule has 0 aliphatic rings. The third-order valence-corrected chi connectivity index (χ3v) is 5.09. The molecule has 0 aliphatic carbocycles. The van der Waals surface area contributed by atoms with Gasteiger partial charge < -0.3 is 19.6 Å². The van der Waals surface area contributed by atoms with Gasteiger partial charge in [-0.3, -0.25) is 9.59 Å². The van der Waals surface area contributed by atoms with E-state index in [2.05, 4.69) is 15.6 Å². The number of imidazole rings is 1. The molecule has 2 N–H and O–H groups in total. The van der Waals surface area contributed by atoms with Crippen molar-refractivity contribution in [2.24, 2.45) is 0 Å². The lowest BCUT2D eigenvalue weighted by Gasteiger charge is -2.02. The van der Waals surface area contributed by atoms with E-state index in [-0.39, 0.29) is 17.6 Å². The minimum atomic E-state index is -0.314. The molecule has 0 spiro atoms. The zero-order valence-corrected chi connectivity index (χ0v) is 16.0. The number of benzene rings is 1. The summed E-state index contributed by atoms with van der Waals surface area (Å²) < 4.78 is 7.57. The molecule has 0 radical (unpaired) electrons. The molecule has 0 fully saturated rings. The van der Waals surface area contributed by atoms with Crippen LogP contribution in [-0.4, -0.2) is 21.4 Å². The van der Waals surface area contributed by atoms with Gasteiger partial charge in [0, 0.05) is 23.8 Å². The first-order valence-corrected chi connectivity index (χ1v) is 9.67. The first kappa shape index (κ1) is 18.0. The highest BCUT2D eigenvalue weighted by atomic mass is 32.1. The van der Waals surface area contributed by atoms with Crippen molar-refractivity contribution in [2.75, 3.05) is 5.32 Å². The van der Waals surface area contributed by atoms with Gasteiger partial charge in [-0.05, 0) is 42.6 Å². The fraction of sp³-hybridized carbons (Fsp3) is 0.150. The van der Waals surface area contributed by atoms with Crippen LogP contribution < -0.4 is 10.6 Å². The van der Waals surface area contributed by atoms with Crippen molar-refractivity contribution in [1.29, 1.82) is 0 Å². The molecule has 28 heavy (non-hydrogen) atoms. The van der Waals surface area contributed by atoms with E-state index < -0.39 is 0 Å². The molecule has 8 heteroatoms. The van der Waals surface area contributed by atoms with Gasteiger partial charge in [0.1, 0.15) is 5.58 Å². The second-order valence-electron chi connectivity index (χ2n) is 6.17. The number of rotatable bonds is 6. The van der Waals surface area contributed by atoms with Crippen LogP contribution in [0.5, 0.6) is 0 Å². The molecule has 4 rings (SSSR count). The SMILES string of the molecule is CCn1cnc(CNC(=O)c2cc3cc(NC(=O)c4cccs4)ccc3o2)c1. The van der Waals surface area contributed by atoms with Crippen LogP contribution in [-0.2, 0) is 13.1 Å². The molecule has 0 saturated carbocycles. The van der Waals surface area contributed by atoms with E-state index in [1.54, 1.807) is 36.7 Å². The van der Waals surface area contributed by atoms with Crippen molar-refractivity contribution in [3.05, 3.63) is 70.6 Å². The molecular formula is C20H18N4O3S. The molecule has 2 amide bonds. The third-order valence-electron chi connectivity index (χ3n) is 4.22. The lowest BCUT2D eigenvalue weighted by Crippen LogP contribution is -2.22. The number of anilines is 1. The zero-order chi connectivity index (χ0) is 19.5. The molecule has 7 nitrogen and oxygen atoms in total. The van der Waals surface area contributed by atoms with E-state index in [4.69, 9.17) is 4.42 Å². The van der Waals surface area contributed by atoms with Gasteiger partial charge in [0.05, 0.1) is 23.4 Å². The highest BCUT2D eigenvalue weighted by molar-refractivity contribution is 7.12. The second kappa shape index (κ2) is 7.69. The number of aryl methyl sites for hydroxylation is 1. The molecule has 3 heterocycles. The molecule has 1 aromatic carbocycles. The number of carbonyl (C=O) groups excluding carboxylic acids is 2. The van der Waals surface area contributed by atoms with Gasteiger partial charge in [-0.1, -0.05) is 6.07 Å². The smallest absolute Gasteiger partial charge is 0.287 e. The molecule has 0 aliphatic heterocycles. The summed E-state index contributed by atoms with van der Waals surface area (Å²) in [5.41, 5.74) is 2.00. The van der Waals surface area contributed by atoms with E-state index in [0.29, 0.717) is 22.7 Å². The van der Waals surface area contributed by atoms with Crippen LogP contribution in [0.1, 0.15) is 32.8 Å². The average molecular weight is 394 g/mol. The van der Waals surface area contributed by atoms with Gasteiger partial charge in [-0.15, -0.1) is 11.3 Å². The number of fused-ring (bicyclic) bond motifs is 1. The normalized spacial score (nSPS) is 10.9. The summed E-state index contributed by atoms with van der Waals surface area (Å²) in [6, 6.07) is 10.5. The Kier molecular flexibility index (Phi) is 4.94. The Hall–Kier alpha value is -3.39. The summed E-state index contributed by atoms with van der Waals surface area (Å²) in [5.74, 6) is -0.264. The van der Waals surface area contributed by atoms with Crippen molar-refractivity contribution in [2.45, 2.75) is 20.0 Å². The Morgan fingerprint density at radius 1 is 1.21 bits per heavy atom. The molecule has 0 unspecified atom stereocenters. The number of nitrogens with zero attached hydrogens (tertiary/aromatic N) is 2. The van der Waals surface area contributed by atoms with Crippen molar-refractivity contribution >= 4 is 39.8 Å². The van der Waals surface area contributed by atoms with Crippen LogP contribution in [0.4, 0.5) is 5.69 Å². The van der Waals surface area contributed by atoms with E-state index in [1.165, 1.54) is 11.3 Å². The Labute approximate surface area is 165 Å². The number of nitrogens with one attached hydrogen (secondary N) is 2. The van der Waals surface area contributed by atoms with Crippen LogP contribution in [0.3, 0.4) is 0 Å². The Balaban J connectivity index is 1.44. The first-order valence-electron chi connectivity index (χ1n) is 8.79. The maximum Gasteiger partial charge on any atom is 0.287 e. The molecule has 0 saturated heterocycles. The average Bonchev–Trinajstić information content (AvgIpc) is 3.45. The van der Waals surface area contributed by atoms with E-state index in [9.17, 15) is 9.59 Å². The lowest BCUT2D eigenvalue weighted by atomic mass is 10.2. The quantitative estimate of drug-likeness (QED) is 0.519. The number of aromatic nitrogens is 2. The number of hydrogen-bond acceptors (Lipinski definition) is 5. The molecule has 3 aromatic heterocycles. The summed E-state index contributed by atoms with van der Waals surface area (Å²) in [6.45, 7) is 3.18. The highest BCUT2D eigenvalue weighted by Crippen LogP contribution is 2.24. The van der Waals surface area contributed by atoms with Crippen LogP contribution in [0.2, 0.25) is 0 Å². The largest absolute Gasteiger partial charge is 0.451 e. The fourth-order valence-corrected chi connectivity index (χ4v) is 3.38. The van der Waals surface area contributed by atoms with Gasteiger partial charge in [0.2, 0.25) is 0 Å². The number of thiophene rings is 1. The third kappa shape index (κ3) is 3.81. The summed E-state index contributed by atoms with van der Waals surface area (Å²) in [6.07, 6.45) is 3.62. The molecule has 4 aromatic rings. The van der Waals surface area contributed by atoms with Crippen LogP contribution in [0.25, 0.3) is 11.0 Å². The van der Waals surface area contributed by atoms with Gasteiger partial charge in [0.25, 0.3) is 11.8 Å². The van der Waals surface area contributed by atoms with Gasteiger partial charge >= 0.3 is 0 Å². The predicted octanol–water partition coefficient (Wildman–Crippen LogP) is 3.89. The standard InChI is InChI=1S/C20H18N4O3S/c1-2-24-11-15(22-12-24)10-21-19(25)17-9-13-8-14(5-6-16(13)27-17)23-20(26)18-4-3-7-28-18/h3-9,11-12H,2,10H2,1H3,(H,21,25)(H,23,26). The topological polar surface area (TPSA) is 89.2 Å². The molecule has 0 bridgehead atoms. The maximum absolute atomic E-state index is 12.4. The summed E-state index contributed by atoms with van der Waals surface area (Å²) in [4.78, 5) is 29.4. The number of hydrogen-bond donors (Lipinski definition) is 2. The summed E-state index contributed by atoms with van der Waals surface area (Å²) >= 11 is 1.38. The second-order valence-corrected chi connectivity index (χ2v) is 7.12. The van der Waals surface area contributed by atoms with Gasteiger partial charge in [0.15, 0.2) is 5.76 Å². The predicted molar refractivity (Wildman–Crippen MR) is 108 cm³/mol. The van der Waals surface area contributed by atoms with Crippen molar-refractivity contribution in [3.63, 3.8) is 0 Å². The maximum atomic E-state index is 12.4. The number of carbonyl (C=O) groups is 2. The Morgan fingerprint density at radius 2 is 2.11 bits per heavy atom. The van der Waals surface area contributed by atoms with Crippen molar-refractivity contribution in [1.82, 2.24) is 14.9 Å². The summed E-state index contributed by atoms with van der Waals surface area (Å²) in [7, 11) is 0. The van der Waals surface area contributed by atoms with Gasteiger partial charge in [-0.25, -0.2) is 4.98 Å². The molecule has 142 valence electrons. The lowest BCUT2D eigenvalue weighted by molar-refractivity contribution is 0.0924. The molecular weight excluding hydrogens is 376 g/mol. The number of amides is 2. The van der Waals surface area contributed by atoms with E-state index in [0.717, 1.165) is 17.6 Å². The van der Waals surface area contributed by atoms with Gasteiger partial charge in [-0.2, -0.15) is 0 Å². The minimum absolute atomic E-state index is 0.165. The van der Waals surface area contributed by atoms with Crippen molar-refractivity contribution < 1.29 is 14.0 Å². The first-order chi connectivity index (χ1) is 13.6. The Morgan fingerprint density at radius 3 is 2.86 bits per heavy atom. The summed E-state index contributed by atoms with van der Waals surface area (Å²) in [5, 5.41) is 8.24. The number of furan rings is 1. The van der Waals surface area contributed by atoms with Crippen LogP contribution in [0.15, 0.2) is 58.7 Å². The fourth-order valence-electron chi connectivity index (χ4n) is 2.76. The minimum Gasteiger partial charge on any atom is -0.451 e. The zero-order valence-electron chi connectivity index (χ0n) is 15.1. The molecule has 0 atom stereocenters. The monoisotopic (exact) mass is 394 g/mol. The van der Waals surface area contributed by atoms with E-state index >= 15 is 0 Å². The van der Waals surface area contributed by atoms with E-state index in [1.807, 2.05) is 29.1 Å².